The first-order valence-electron chi connectivity index (χ1n) is 5.59. The third-order valence-corrected chi connectivity index (χ3v) is 4.12. The molecule has 0 aromatic heterocycles. The van der Waals surface area contributed by atoms with Crippen LogP contribution in [-0.2, 0) is 4.79 Å². The van der Waals surface area contributed by atoms with E-state index in [0.717, 1.165) is 23.5 Å². The Morgan fingerprint density at radius 2 is 2.38 bits per heavy atom. The zero-order chi connectivity index (χ0) is 11.5. The Morgan fingerprint density at radius 1 is 1.56 bits per heavy atom. The topological polar surface area (TPSA) is 26.3 Å². The van der Waals surface area contributed by atoms with Crippen molar-refractivity contribution in [1.82, 2.24) is 0 Å². The minimum absolute atomic E-state index is 0.0800. The molecule has 0 fully saturated rings. The molecule has 1 aromatic carbocycles. The number of Topliss-reactive ketones (excluding diaryl/α,β-unsaturated/α-hetero) is 1. The lowest BCUT2D eigenvalue weighted by atomic mass is 9.90. The molecule has 0 saturated carbocycles. The van der Waals surface area contributed by atoms with E-state index >= 15 is 0 Å². The number of hydrogen-bond acceptors (Lipinski definition) is 3. The molecule has 0 radical (unpaired) electrons. The van der Waals surface area contributed by atoms with E-state index in [1.165, 1.54) is 4.90 Å². The standard InChI is InChI=1S/C13H16O2S/c1-3-12(14)10-6-7-16-13-5-4-9(15-2)8-11(10)13/h4-5,8,10H,3,6-7H2,1-2H3. The molecule has 0 aliphatic carbocycles. The van der Waals surface area contributed by atoms with Gasteiger partial charge >= 0.3 is 0 Å². The summed E-state index contributed by atoms with van der Waals surface area (Å²) in [7, 11) is 1.66. The van der Waals surface area contributed by atoms with Crippen molar-refractivity contribution in [1.29, 1.82) is 0 Å². The summed E-state index contributed by atoms with van der Waals surface area (Å²) in [6.07, 6.45) is 1.57. The van der Waals surface area contributed by atoms with Gasteiger partial charge in [0, 0.05) is 17.2 Å². The second-order valence-electron chi connectivity index (χ2n) is 3.91. The third kappa shape index (κ3) is 2.09. The molecular formula is C13H16O2S. The van der Waals surface area contributed by atoms with Crippen molar-refractivity contribution in [3.05, 3.63) is 23.8 Å². The van der Waals surface area contributed by atoms with Crippen molar-refractivity contribution in [2.75, 3.05) is 12.9 Å². The van der Waals surface area contributed by atoms with Gasteiger partial charge in [-0.25, -0.2) is 0 Å². The van der Waals surface area contributed by atoms with E-state index in [-0.39, 0.29) is 5.92 Å². The van der Waals surface area contributed by atoms with E-state index in [4.69, 9.17) is 4.74 Å². The number of fused-ring (bicyclic) bond motifs is 1. The van der Waals surface area contributed by atoms with Gasteiger partial charge in [0.05, 0.1) is 7.11 Å². The largest absolute Gasteiger partial charge is 0.497 e. The van der Waals surface area contributed by atoms with Crippen LogP contribution in [0, 0.1) is 0 Å². The lowest BCUT2D eigenvalue weighted by Gasteiger charge is -2.24. The van der Waals surface area contributed by atoms with Gasteiger partial charge in [0.15, 0.2) is 0 Å². The van der Waals surface area contributed by atoms with E-state index in [1.807, 2.05) is 30.8 Å². The first-order valence-corrected chi connectivity index (χ1v) is 6.58. The molecule has 2 nitrogen and oxygen atoms in total. The van der Waals surface area contributed by atoms with Gasteiger partial charge in [0.1, 0.15) is 11.5 Å². The Kier molecular flexibility index (Phi) is 3.54. The highest BCUT2D eigenvalue weighted by atomic mass is 32.2. The van der Waals surface area contributed by atoms with Crippen LogP contribution in [0.2, 0.25) is 0 Å². The molecule has 1 aliphatic heterocycles. The second-order valence-corrected chi connectivity index (χ2v) is 5.05. The monoisotopic (exact) mass is 236 g/mol. The average Bonchev–Trinajstić information content (AvgIpc) is 2.36. The number of hydrogen-bond donors (Lipinski definition) is 0. The number of methoxy groups -OCH3 is 1. The van der Waals surface area contributed by atoms with Crippen LogP contribution in [0.25, 0.3) is 0 Å². The van der Waals surface area contributed by atoms with Crippen LogP contribution >= 0.6 is 11.8 Å². The fourth-order valence-corrected chi connectivity index (χ4v) is 3.19. The van der Waals surface area contributed by atoms with E-state index in [1.54, 1.807) is 7.11 Å². The summed E-state index contributed by atoms with van der Waals surface area (Å²) in [4.78, 5) is 13.1. The van der Waals surface area contributed by atoms with E-state index < -0.39 is 0 Å². The number of rotatable bonds is 3. The molecule has 1 atom stereocenters. The number of carbonyl (C=O) groups is 1. The molecule has 1 aliphatic rings. The molecule has 86 valence electrons. The predicted molar refractivity (Wildman–Crippen MR) is 66.4 cm³/mol. The third-order valence-electron chi connectivity index (χ3n) is 2.99. The molecule has 16 heavy (non-hydrogen) atoms. The molecule has 1 heterocycles. The molecule has 1 unspecified atom stereocenters. The molecular weight excluding hydrogens is 220 g/mol. The minimum atomic E-state index is 0.0800. The molecule has 0 bridgehead atoms. The van der Waals surface area contributed by atoms with Gasteiger partial charge in [-0.1, -0.05) is 6.92 Å². The SMILES string of the molecule is CCC(=O)C1CCSc2ccc(OC)cc21. The van der Waals surface area contributed by atoms with E-state index in [0.29, 0.717) is 12.2 Å². The molecule has 0 amide bonds. The van der Waals surface area contributed by atoms with Crippen LogP contribution in [0.5, 0.6) is 5.75 Å². The van der Waals surface area contributed by atoms with Crippen molar-refractivity contribution in [3.8, 4) is 5.75 Å². The Hall–Kier alpha value is -0.960. The molecule has 2 rings (SSSR count). The zero-order valence-electron chi connectivity index (χ0n) is 9.66. The van der Waals surface area contributed by atoms with Crippen LogP contribution in [0.3, 0.4) is 0 Å². The Morgan fingerprint density at radius 3 is 3.06 bits per heavy atom. The summed E-state index contributed by atoms with van der Waals surface area (Å²) in [5.41, 5.74) is 1.16. The van der Waals surface area contributed by atoms with Crippen molar-refractivity contribution in [2.45, 2.75) is 30.6 Å². The maximum atomic E-state index is 11.9. The van der Waals surface area contributed by atoms with Gasteiger partial charge < -0.3 is 4.74 Å². The van der Waals surface area contributed by atoms with Crippen LogP contribution < -0.4 is 4.74 Å². The van der Waals surface area contributed by atoms with Crippen LogP contribution in [0.4, 0.5) is 0 Å². The maximum absolute atomic E-state index is 11.9. The predicted octanol–water partition coefficient (Wildman–Crippen LogP) is 3.25. The number of thioether (sulfide) groups is 1. The van der Waals surface area contributed by atoms with Crippen molar-refractivity contribution >= 4 is 17.5 Å². The van der Waals surface area contributed by atoms with Gasteiger partial charge in [-0.15, -0.1) is 11.8 Å². The maximum Gasteiger partial charge on any atom is 0.140 e. The molecule has 0 spiro atoms. The van der Waals surface area contributed by atoms with Crippen molar-refractivity contribution in [3.63, 3.8) is 0 Å². The summed E-state index contributed by atoms with van der Waals surface area (Å²) >= 11 is 1.83. The molecule has 3 heteroatoms. The highest BCUT2D eigenvalue weighted by Gasteiger charge is 2.25. The van der Waals surface area contributed by atoms with Crippen LogP contribution in [-0.4, -0.2) is 18.6 Å². The van der Waals surface area contributed by atoms with Crippen LogP contribution in [0.1, 0.15) is 31.2 Å². The minimum Gasteiger partial charge on any atom is -0.497 e. The second kappa shape index (κ2) is 4.91. The fourth-order valence-electron chi connectivity index (χ4n) is 2.08. The van der Waals surface area contributed by atoms with E-state index in [9.17, 15) is 4.79 Å². The van der Waals surface area contributed by atoms with Crippen molar-refractivity contribution in [2.24, 2.45) is 0 Å². The number of ketones is 1. The van der Waals surface area contributed by atoms with Crippen molar-refractivity contribution < 1.29 is 9.53 Å². The quantitative estimate of drug-likeness (QED) is 0.805. The van der Waals surface area contributed by atoms with Gasteiger partial charge in [-0.05, 0) is 35.9 Å². The van der Waals surface area contributed by atoms with Gasteiger partial charge in [-0.3, -0.25) is 4.79 Å². The highest BCUT2D eigenvalue weighted by molar-refractivity contribution is 7.99. The van der Waals surface area contributed by atoms with Crippen LogP contribution in [0.15, 0.2) is 23.1 Å². The summed E-state index contributed by atoms with van der Waals surface area (Å²) in [6, 6.07) is 6.04. The smallest absolute Gasteiger partial charge is 0.140 e. The molecule has 0 saturated heterocycles. The van der Waals surface area contributed by atoms with Gasteiger partial charge in [0.25, 0.3) is 0 Å². The first-order chi connectivity index (χ1) is 7.76. The van der Waals surface area contributed by atoms with Gasteiger partial charge in [-0.2, -0.15) is 0 Å². The van der Waals surface area contributed by atoms with E-state index in [2.05, 4.69) is 6.07 Å². The van der Waals surface area contributed by atoms with Gasteiger partial charge in [0.2, 0.25) is 0 Å². The number of ether oxygens (including phenoxy) is 1. The Bertz CT molecular complexity index is 401. The normalized spacial score (nSPS) is 19.0. The summed E-state index contributed by atoms with van der Waals surface area (Å²) < 4.78 is 5.22. The highest BCUT2D eigenvalue weighted by Crippen LogP contribution is 2.40. The number of carbonyl (C=O) groups excluding carboxylic acids is 1. The summed E-state index contributed by atoms with van der Waals surface area (Å²) in [6.45, 7) is 1.93. The Labute approximate surface area is 100 Å². The Balaban J connectivity index is 2.39. The fraction of sp³-hybridized carbons (Fsp3) is 0.462. The molecule has 0 N–H and O–H groups in total. The lowest BCUT2D eigenvalue weighted by Crippen LogP contribution is -2.16. The zero-order valence-corrected chi connectivity index (χ0v) is 10.5. The lowest BCUT2D eigenvalue weighted by molar-refractivity contribution is -0.120. The molecule has 1 aromatic rings. The number of benzene rings is 1. The first kappa shape index (κ1) is 11.5. The summed E-state index contributed by atoms with van der Waals surface area (Å²) in [5.74, 6) is 2.30. The summed E-state index contributed by atoms with van der Waals surface area (Å²) in [5, 5.41) is 0. The average molecular weight is 236 g/mol.